The molecule has 4 rings (SSSR count). The van der Waals surface area contributed by atoms with Crippen LogP contribution in [-0.2, 0) is 11.3 Å². The van der Waals surface area contributed by atoms with Gasteiger partial charge in [0.25, 0.3) is 5.88 Å². The molecule has 0 radical (unpaired) electrons. The Labute approximate surface area is 148 Å². The molecule has 132 valence electrons. The van der Waals surface area contributed by atoms with E-state index < -0.39 is 0 Å². The molecule has 5 heteroatoms. The van der Waals surface area contributed by atoms with Crippen molar-refractivity contribution < 1.29 is 14.2 Å². The van der Waals surface area contributed by atoms with Gasteiger partial charge in [0.1, 0.15) is 6.61 Å². The van der Waals surface area contributed by atoms with Crippen LogP contribution in [0.2, 0.25) is 0 Å². The summed E-state index contributed by atoms with van der Waals surface area (Å²) in [5, 5.41) is 0. The number of nitrogens with zero attached hydrogens (tertiary/aromatic N) is 2. The van der Waals surface area contributed by atoms with E-state index in [0.717, 1.165) is 25.2 Å². The molecule has 2 atom stereocenters. The molecule has 25 heavy (non-hydrogen) atoms. The number of fused-ring (bicyclic) bond motifs is 1. The van der Waals surface area contributed by atoms with Crippen molar-refractivity contribution in [1.82, 2.24) is 9.88 Å². The second-order valence-electron chi connectivity index (χ2n) is 6.70. The Balaban J connectivity index is 1.39. The monoisotopic (exact) mass is 340 g/mol. The first-order chi connectivity index (χ1) is 12.3. The van der Waals surface area contributed by atoms with Crippen molar-refractivity contribution in [3.05, 3.63) is 53.7 Å². The van der Waals surface area contributed by atoms with Crippen molar-refractivity contribution in [2.45, 2.75) is 31.6 Å². The highest BCUT2D eigenvalue weighted by atomic mass is 16.6. The molecule has 0 spiro atoms. The molecule has 2 aliphatic heterocycles. The number of ether oxygens (including phenoxy) is 3. The number of methoxy groups -OCH3 is 1. The second kappa shape index (κ2) is 7.42. The third-order valence-corrected chi connectivity index (χ3v) is 4.93. The minimum atomic E-state index is -0.107. The molecule has 1 fully saturated rings. The van der Waals surface area contributed by atoms with Gasteiger partial charge in [-0.3, -0.25) is 4.90 Å². The van der Waals surface area contributed by atoms with Gasteiger partial charge < -0.3 is 14.2 Å². The third-order valence-electron chi connectivity index (χ3n) is 4.93. The van der Waals surface area contributed by atoms with Gasteiger partial charge in [-0.25, -0.2) is 4.98 Å². The topological polar surface area (TPSA) is 43.8 Å². The molecule has 3 heterocycles. The SMILES string of the molecule is COC1CCCN(Cc2ccc([C@H]3COc4cccnc4O3)cc2)C1. The number of rotatable bonds is 4. The summed E-state index contributed by atoms with van der Waals surface area (Å²) in [7, 11) is 1.81. The maximum absolute atomic E-state index is 5.97. The Hall–Kier alpha value is -2.11. The molecule has 2 aliphatic rings. The zero-order valence-electron chi connectivity index (χ0n) is 14.6. The van der Waals surface area contributed by atoms with Gasteiger partial charge in [-0.1, -0.05) is 24.3 Å². The molecule has 1 aromatic carbocycles. The largest absolute Gasteiger partial charge is 0.484 e. The van der Waals surface area contributed by atoms with Gasteiger partial charge >= 0.3 is 0 Å². The van der Waals surface area contributed by atoms with Gasteiger partial charge in [0.2, 0.25) is 0 Å². The van der Waals surface area contributed by atoms with Crippen LogP contribution in [-0.4, -0.2) is 42.8 Å². The first-order valence-corrected chi connectivity index (χ1v) is 8.90. The Kier molecular flexibility index (Phi) is 4.85. The van der Waals surface area contributed by atoms with Crippen molar-refractivity contribution in [2.75, 3.05) is 26.8 Å². The van der Waals surface area contributed by atoms with Gasteiger partial charge in [-0.2, -0.15) is 0 Å². The number of hydrogen-bond acceptors (Lipinski definition) is 5. The fourth-order valence-corrected chi connectivity index (χ4v) is 3.52. The Bertz CT molecular complexity index is 704. The van der Waals surface area contributed by atoms with Crippen LogP contribution >= 0.6 is 0 Å². The summed E-state index contributed by atoms with van der Waals surface area (Å²) in [5.74, 6) is 1.29. The molecule has 1 unspecified atom stereocenters. The van der Waals surface area contributed by atoms with E-state index in [1.807, 2.05) is 19.2 Å². The van der Waals surface area contributed by atoms with E-state index in [-0.39, 0.29) is 6.10 Å². The normalized spacial score (nSPS) is 23.4. The lowest BCUT2D eigenvalue weighted by Gasteiger charge is -2.32. The predicted octanol–water partition coefficient (Wildman–Crippen LogP) is 3.20. The van der Waals surface area contributed by atoms with E-state index in [2.05, 4.69) is 34.1 Å². The lowest BCUT2D eigenvalue weighted by atomic mass is 10.0. The van der Waals surface area contributed by atoms with Crippen LogP contribution in [0.3, 0.4) is 0 Å². The highest BCUT2D eigenvalue weighted by molar-refractivity contribution is 5.35. The fourth-order valence-electron chi connectivity index (χ4n) is 3.52. The summed E-state index contributed by atoms with van der Waals surface area (Å²) < 4.78 is 17.2. The lowest BCUT2D eigenvalue weighted by Crippen LogP contribution is -2.38. The molecular formula is C20H24N2O3. The zero-order chi connectivity index (χ0) is 17.1. The average Bonchev–Trinajstić information content (AvgIpc) is 2.68. The van der Waals surface area contributed by atoms with E-state index in [1.165, 1.54) is 18.4 Å². The predicted molar refractivity (Wildman–Crippen MR) is 94.9 cm³/mol. The standard InChI is InChI=1S/C20H24N2O3/c1-23-17-4-3-11-22(13-17)12-15-6-8-16(9-7-15)19-14-24-18-5-2-10-21-20(18)25-19/h2,5-10,17,19H,3-4,11-14H2,1H3/t17?,19-/m1/s1. The first kappa shape index (κ1) is 16.4. The van der Waals surface area contributed by atoms with Crippen molar-refractivity contribution in [1.29, 1.82) is 0 Å². The molecule has 1 aromatic heterocycles. The van der Waals surface area contributed by atoms with Gasteiger partial charge in [0.05, 0.1) is 6.10 Å². The Morgan fingerprint density at radius 1 is 1.24 bits per heavy atom. The molecule has 0 amide bonds. The van der Waals surface area contributed by atoms with Gasteiger partial charge in [0.15, 0.2) is 11.9 Å². The summed E-state index contributed by atoms with van der Waals surface area (Å²) in [6, 6.07) is 12.4. The van der Waals surface area contributed by atoms with Crippen LogP contribution in [0.1, 0.15) is 30.1 Å². The molecule has 0 aliphatic carbocycles. The maximum Gasteiger partial charge on any atom is 0.257 e. The fraction of sp³-hybridized carbons (Fsp3) is 0.450. The van der Waals surface area contributed by atoms with Crippen LogP contribution in [0.4, 0.5) is 0 Å². The molecule has 5 nitrogen and oxygen atoms in total. The number of likely N-dealkylation sites (tertiary alicyclic amines) is 1. The minimum absolute atomic E-state index is 0.107. The Morgan fingerprint density at radius 3 is 2.96 bits per heavy atom. The molecule has 2 aromatic rings. The molecule has 0 saturated carbocycles. The van der Waals surface area contributed by atoms with E-state index in [0.29, 0.717) is 24.3 Å². The van der Waals surface area contributed by atoms with Crippen LogP contribution in [0.25, 0.3) is 0 Å². The average molecular weight is 340 g/mol. The minimum Gasteiger partial charge on any atom is -0.484 e. The summed E-state index contributed by atoms with van der Waals surface area (Å²) in [6.07, 6.45) is 4.36. The first-order valence-electron chi connectivity index (χ1n) is 8.90. The zero-order valence-corrected chi connectivity index (χ0v) is 14.6. The highest BCUT2D eigenvalue weighted by Crippen LogP contribution is 2.34. The Morgan fingerprint density at radius 2 is 2.12 bits per heavy atom. The summed E-state index contributed by atoms with van der Waals surface area (Å²) in [6.45, 7) is 3.64. The van der Waals surface area contributed by atoms with E-state index in [9.17, 15) is 0 Å². The van der Waals surface area contributed by atoms with Gasteiger partial charge in [-0.05, 0) is 42.6 Å². The van der Waals surface area contributed by atoms with E-state index >= 15 is 0 Å². The lowest BCUT2D eigenvalue weighted by molar-refractivity contribution is 0.0285. The quantitative estimate of drug-likeness (QED) is 0.855. The van der Waals surface area contributed by atoms with Crippen LogP contribution in [0.5, 0.6) is 11.6 Å². The third kappa shape index (κ3) is 3.78. The van der Waals surface area contributed by atoms with Crippen LogP contribution in [0, 0.1) is 0 Å². The smallest absolute Gasteiger partial charge is 0.257 e. The van der Waals surface area contributed by atoms with Crippen LogP contribution < -0.4 is 9.47 Å². The molecule has 1 saturated heterocycles. The molecule has 0 N–H and O–H groups in total. The van der Waals surface area contributed by atoms with E-state index in [1.54, 1.807) is 6.20 Å². The molecule has 0 bridgehead atoms. The second-order valence-corrected chi connectivity index (χ2v) is 6.70. The summed E-state index contributed by atoms with van der Waals surface area (Å²) in [5.41, 5.74) is 2.43. The van der Waals surface area contributed by atoms with Crippen molar-refractivity contribution in [3.63, 3.8) is 0 Å². The summed E-state index contributed by atoms with van der Waals surface area (Å²) >= 11 is 0. The van der Waals surface area contributed by atoms with Crippen molar-refractivity contribution in [3.8, 4) is 11.6 Å². The number of aromatic nitrogens is 1. The number of hydrogen-bond donors (Lipinski definition) is 0. The van der Waals surface area contributed by atoms with Crippen molar-refractivity contribution >= 4 is 0 Å². The highest BCUT2D eigenvalue weighted by Gasteiger charge is 2.23. The van der Waals surface area contributed by atoms with Crippen molar-refractivity contribution in [2.24, 2.45) is 0 Å². The van der Waals surface area contributed by atoms with E-state index in [4.69, 9.17) is 14.2 Å². The van der Waals surface area contributed by atoms with Crippen LogP contribution in [0.15, 0.2) is 42.6 Å². The van der Waals surface area contributed by atoms with Gasteiger partial charge in [0, 0.05) is 26.4 Å². The number of pyridine rings is 1. The number of benzene rings is 1. The summed E-state index contributed by atoms with van der Waals surface area (Å²) in [4.78, 5) is 6.70. The number of piperidine rings is 1. The van der Waals surface area contributed by atoms with Gasteiger partial charge in [-0.15, -0.1) is 0 Å². The molecular weight excluding hydrogens is 316 g/mol. The maximum atomic E-state index is 5.97.